The quantitative estimate of drug-likeness (QED) is 0.476. The van der Waals surface area contributed by atoms with Crippen LogP contribution in [0.2, 0.25) is 0 Å². The van der Waals surface area contributed by atoms with E-state index in [1.165, 1.54) is 5.56 Å². The van der Waals surface area contributed by atoms with Crippen LogP contribution in [0.4, 0.5) is 5.69 Å². The molecule has 1 amide bonds. The molecule has 0 aliphatic rings. The van der Waals surface area contributed by atoms with E-state index in [2.05, 4.69) is 15.4 Å². The van der Waals surface area contributed by atoms with Gasteiger partial charge < -0.3 is 9.73 Å². The van der Waals surface area contributed by atoms with Gasteiger partial charge in [0.1, 0.15) is 11.5 Å². The largest absolute Gasteiger partial charge is 0.441 e. The number of hydrogen-bond acceptors (Lipinski definition) is 4. The molecule has 1 N–H and O–H groups in total. The van der Waals surface area contributed by atoms with Crippen molar-refractivity contribution in [3.05, 3.63) is 88.1 Å². The van der Waals surface area contributed by atoms with Crippen molar-refractivity contribution < 1.29 is 9.21 Å². The molecule has 0 unspecified atom stereocenters. The number of nitrogens with one attached hydrogen (secondary N) is 1. The van der Waals surface area contributed by atoms with Crippen LogP contribution in [0.15, 0.2) is 52.9 Å². The van der Waals surface area contributed by atoms with Crippen molar-refractivity contribution in [2.24, 2.45) is 0 Å². The van der Waals surface area contributed by atoms with Crippen molar-refractivity contribution in [3.8, 4) is 11.5 Å². The average Bonchev–Trinajstić information content (AvgIpc) is 3.25. The maximum Gasteiger partial charge on any atom is 0.255 e. The van der Waals surface area contributed by atoms with Crippen molar-refractivity contribution in [2.75, 3.05) is 5.32 Å². The van der Waals surface area contributed by atoms with E-state index < -0.39 is 0 Å². The molecule has 4 rings (SSSR count). The fourth-order valence-corrected chi connectivity index (χ4v) is 3.46. The summed E-state index contributed by atoms with van der Waals surface area (Å²) in [6.07, 6.45) is 0. The van der Waals surface area contributed by atoms with Crippen LogP contribution in [0, 0.1) is 34.6 Å². The molecule has 0 atom stereocenters. The summed E-state index contributed by atoms with van der Waals surface area (Å²) in [5.74, 6) is 1.20. The number of oxazole rings is 1. The fourth-order valence-electron chi connectivity index (χ4n) is 3.46. The highest BCUT2D eigenvalue weighted by atomic mass is 16.4. The van der Waals surface area contributed by atoms with Crippen molar-refractivity contribution in [3.63, 3.8) is 0 Å². The van der Waals surface area contributed by atoms with Gasteiger partial charge in [-0.25, -0.2) is 4.98 Å². The molecule has 6 nitrogen and oxygen atoms in total. The summed E-state index contributed by atoms with van der Waals surface area (Å²) in [5, 5.41) is 7.44. The third-order valence-electron chi connectivity index (χ3n) is 5.45. The highest BCUT2D eigenvalue weighted by molar-refractivity contribution is 6.04. The number of rotatable bonds is 5. The summed E-state index contributed by atoms with van der Waals surface area (Å²) in [4.78, 5) is 17.2. The van der Waals surface area contributed by atoms with Gasteiger partial charge in [-0.2, -0.15) is 5.10 Å². The third kappa shape index (κ3) is 4.43. The summed E-state index contributed by atoms with van der Waals surface area (Å²) < 4.78 is 7.82. The van der Waals surface area contributed by atoms with Crippen molar-refractivity contribution >= 4 is 11.6 Å². The van der Waals surface area contributed by atoms with Gasteiger partial charge in [0, 0.05) is 22.5 Å². The Morgan fingerprint density at radius 3 is 2.35 bits per heavy atom. The Balaban J connectivity index is 1.48. The van der Waals surface area contributed by atoms with E-state index in [-0.39, 0.29) is 5.91 Å². The number of carbonyl (C=O) groups is 1. The first-order valence-electron chi connectivity index (χ1n) is 10.3. The van der Waals surface area contributed by atoms with E-state index in [0.29, 0.717) is 18.0 Å². The smallest absolute Gasteiger partial charge is 0.255 e. The van der Waals surface area contributed by atoms with Gasteiger partial charge in [0.2, 0.25) is 5.89 Å². The standard InChI is InChI=1S/C25H26N4O2/c1-15-6-7-21(12-16(15)2)24(30)26-22-10-8-20(9-11-22)25-27-23(19(5)31-25)14-29-18(4)13-17(3)28-29/h6-13H,14H2,1-5H3,(H,26,30). The molecule has 31 heavy (non-hydrogen) atoms. The van der Waals surface area contributed by atoms with Crippen LogP contribution < -0.4 is 5.32 Å². The average molecular weight is 415 g/mol. The Labute approximate surface area is 181 Å². The lowest BCUT2D eigenvalue weighted by Gasteiger charge is -2.07. The zero-order valence-corrected chi connectivity index (χ0v) is 18.5. The summed E-state index contributed by atoms with van der Waals surface area (Å²) in [6.45, 7) is 10.5. The molecular formula is C25H26N4O2. The Hall–Kier alpha value is -3.67. The van der Waals surface area contributed by atoms with Gasteiger partial charge >= 0.3 is 0 Å². The number of aryl methyl sites for hydroxylation is 5. The SMILES string of the molecule is Cc1cc(C)n(Cc2nc(-c3ccc(NC(=O)c4ccc(C)c(C)c4)cc3)oc2C)n1. The van der Waals surface area contributed by atoms with Crippen LogP contribution in [0.3, 0.4) is 0 Å². The second kappa shape index (κ2) is 8.22. The Kier molecular flexibility index (Phi) is 5.46. The highest BCUT2D eigenvalue weighted by Gasteiger charge is 2.14. The molecule has 0 saturated carbocycles. The van der Waals surface area contributed by atoms with Gasteiger partial charge in [-0.15, -0.1) is 0 Å². The minimum atomic E-state index is -0.130. The summed E-state index contributed by atoms with van der Waals surface area (Å²) in [5.41, 5.74) is 7.41. The molecule has 158 valence electrons. The van der Waals surface area contributed by atoms with Gasteiger partial charge in [-0.3, -0.25) is 9.48 Å². The lowest BCUT2D eigenvalue weighted by Crippen LogP contribution is -2.12. The van der Waals surface area contributed by atoms with Crippen LogP contribution in [-0.2, 0) is 6.54 Å². The van der Waals surface area contributed by atoms with Gasteiger partial charge in [-0.1, -0.05) is 6.07 Å². The number of carbonyl (C=O) groups excluding carboxylic acids is 1. The number of aromatic nitrogens is 3. The van der Waals surface area contributed by atoms with Gasteiger partial charge in [0.25, 0.3) is 5.91 Å². The summed E-state index contributed by atoms with van der Waals surface area (Å²) in [6, 6.07) is 15.2. The van der Waals surface area contributed by atoms with E-state index in [1.54, 1.807) is 0 Å². The third-order valence-corrected chi connectivity index (χ3v) is 5.45. The molecule has 0 bridgehead atoms. The topological polar surface area (TPSA) is 73.0 Å². The molecule has 6 heteroatoms. The predicted octanol–water partition coefficient (Wildman–Crippen LogP) is 5.38. The molecular weight excluding hydrogens is 388 g/mol. The van der Waals surface area contributed by atoms with E-state index in [1.807, 2.05) is 87.8 Å². The molecule has 2 aromatic carbocycles. The van der Waals surface area contributed by atoms with Crippen molar-refractivity contribution in [2.45, 2.75) is 41.2 Å². The van der Waals surface area contributed by atoms with Crippen LogP contribution in [0.1, 0.15) is 44.3 Å². The number of amides is 1. The fraction of sp³-hybridized carbons (Fsp3) is 0.240. The minimum Gasteiger partial charge on any atom is -0.441 e. The maximum atomic E-state index is 12.5. The maximum absolute atomic E-state index is 12.5. The second-order valence-corrected chi connectivity index (χ2v) is 7.94. The van der Waals surface area contributed by atoms with Crippen LogP contribution in [0.25, 0.3) is 11.5 Å². The normalized spacial score (nSPS) is 11.0. The number of hydrogen-bond donors (Lipinski definition) is 1. The second-order valence-electron chi connectivity index (χ2n) is 7.94. The van der Waals surface area contributed by atoms with Gasteiger partial charge in [-0.05, 0) is 88.2 Å². The Morgan fingerprint density at radius 2 is 1.71 bits per heavy atom. The summed E-state index contributed by atoms with van der Waals surface area (Å²) in [7, 11) is 0. The molecule has 0 spiro atoms. The van der Waals surface area contributed by atoms with Crippen molar-refractivity contribution in [1.29, 1.82) is 0 Å². The zero-order chi connectivity index (χ0) is 22.1. The molecule has 4 aromatic rings. The lowest BCUT2D eigenvalue weighted by molar-refractivity contribution is 0.102. The van der Waals surface area contributed by atoms with Gasteiger partial charge in [0.15, 0.2) is 0 Å². The summed E-state index contributed by atoms with van der Waals surface area (Å²) >= 11 is 0. The first-order valence-corrected chi connectivity index (χ1v) is 10.3. The Bertz CT molecular complexity index is 1250. The minimum absolute atomic E-state index is 0.130. The molecule has 0 aliphatic heterocycles. The van der Waals surface area contributed by atoms with E-state index >= 15 is 0 Å². The Morgan fingerprint density at radius 1 is 0.968 bits per heavy atom. The zero-order valence-electron chi connectivity index (χ0n) is 18.5. The monoisotopic (exact) mass is 414 g/mol. The van der Waals surface area contributed by atoms with Crippen LogP contribution >= 0.6 is 0 Å². The van der Waals surface area contributed by atoms with E-state index in [0.717, 1.165) is 39.7 Å². The number of anilines is 1. The molecule has 0 saturated heterocycles. The lowest BCUT2D eigenvalue weighted by atomic mass is 10.1. The number of nitrogens with zero attached hydrogens (tertiary/aromatic N) is 3. The van der Waals surface area contributed by atoms with Crippen LogP contribution in [-0.4, -0.2) is 20.7 Å². The van der Waals surface area contributed by atoms with E-state index in [9.17, 15) is 4.79 Å². The first-order chi connectivity index (χ1) is 14.8. The van der Waals surface area contributed by atoms with Crippen molar-refractivity contribution in [1.82, 2.24) is 14.8 Å². The highest BCUT2D eigenvalue weighted by Crippen LogP contribution is 2.24. The molecule has 0 fully saturated rings. The molecule has 0 aliphatic carbocycles. The predicted molar refractivity (Wildman–Crippen MR) is 121 cm³/mol. The van der Waals surface area contributed by atoms with E-state index in [4.69, 9.17) is 4.42 Å². The molecule has 2 heterocycles. The number of benzene rings is 2. The first kappa shape index (κ1) is 20.6. The van der Waals surface area contributed by atoms with Gasteiger partial charge in [0.05, 0.1) is 12.2 Å². The van der Waals surface area contributed by atoms with Crippen LogP contribution in [0.5, 0.6) is 0 Å². The molecule has 0 radical (unpaired) electrons. The molecule has 2 aromatic heterocycles.